The molecule has 20 heavy (non-hydrogen) atoms. The van der Waals surface area contributed by atoms with E-state index in [0.717, 1.165) is 33.7 Å². The molecule has 2 rings (SSSR count). The van der Waals surface area contributed by atoms with E-state index in [9.17, 15) is 0 Å². The second kappa shape index (κ2) is 7.31. The van der Waals surface area contributed by atoms with E-state index in [-0.39, 0.29) is 0 Å². The predicted molar refractivity (Wildman–Crippen MR) is 84.6 cm³/mol. The molecular formula is C16H18BrNO2. The summed E-state index contributed by atoms with van der Waals surface area (Å²) in [6.45, 7) is 3.15. The zero-order chi connectivity index (χ0) is 14.4. The summed E-state index contributed by atoms with van der Waals surface area (Å²) in [7, 11) is 0. The van der Waals surface area contributed by atoms with Crippen LogP contribution in [0.5, 0.6) is 17.2 Å². The van der Waals surface area contributed by atoms with E-state index in [1.807, 2.05) is 49.4 Å². The van der Waals surface area contributed by atoms with E-state index < -0.39 is 0 Å². The molecule has 0 aliphatic rings. The Kier molecular flexibility index (Phi) is 5.44. The Labute approximate surface area is 127 Å². The lowest BCUT2D eigenvalue weighted by atomic mass is 10.1. The predicted octanol–water partition coefficient (Wildman–Crippen LogP) is 4.14. The van der Waals surface area contributed by atoms with Crippen LogP contribution < -0.4 is 15.2 Å². The average molecular weight is 336 g/mol. The highest BCUT2D eigenvalue weighted by molar-refractivity contribution is 9.10. The molecule has 0 amide bonds. The summed E-state index contributed by atoms with van der Waals surface area (Å²) in [5.41, 5.74) is 6.73. The summed E-state index contributed by atoms with van der Waals surface area (Å²) < 4.78 is 12.6. The van der Waals surface area contributed by atoms with Crippen LogP contribution in [-0.4, -0.2) is 13.2 Å². The fourth-order valence-electron chi connectivity index (χ4n) is 1.93. The molecule has 0 radical (unpaired) electrons. The van der Waals surface area contributed by atoms with Crippen molar-refractivity contribution in [2.24, 2.45) is 5.73 Å². The van der Waals surface area contributed by atoms with Gasteiger partial charge in [0, 0.05) is 4.47 Å². The van der Waals surface area contributed by atoms with Gasteiger partial charge in [0.2, 0.25) is 0 Å². The molecule has 0 aromatic heterocycles. The minimum Gasteiger partial charge on any atom is -0.490 e. The molecule has 0 bridgehead atoms. The fraction of sp³-hybridized carbons (Fsp3) is 0.250. The third-order valence-electron chi connectivity index (χ3n) is 2.81. The van der Waals surface area contributed by atoms with Gasteiger partial charge in [0.15, 0.2) is 11.5 Å². The number of hydrogen-bond donors (Lipinski definition) is 1. The second-order valence-electron chi connectivity index (χ2n) is 4.27. The van der Waals surface area contributed by atoms with Crippen LogP contribution in [0.3, 0.4) is 0 Å². The average Bonchev–Trinajstić information content (AvgIpc) is 2.44. The molecule has 0 atom stereocenters. The molecule has 0 heterocycles. The van der Waals surface area contributed by atoms with E-state index in [1.165, 1.54) is 0 Å². The van der Waals surface area contributed by atoms with Gasteiger partial charge in [-0.3, -0.25) is 0 Å². The topological polar surface area (TPSA) is 44.5 Å². The molecule has 4 heteroatoms. The third-order valence-corrected chi connectivity index (χ3v) is 3.30. The van der Waals surface area contributed by atoms with Crippen LogP contribution in [0.2, 0.25) is 0 Å². The van der Waals surface area contributed by atoms with E-state index in [2.05, 4.69) is 15.9 Å². The first kappa shape index (κ1) is 14.9. The number of benzene rings is 2. The Hall–Kier alpha value is -1.52. The van der Waals surface area contributed by atoms with Gasteiger partial charge in [0.05, 0.1) is 6.61 Å². The number of rotatable bonds is 6. The monoisotopic (exact) mass is 335 g/mol. The quantitative estimate of drug-likeness (QED) is 0.862. The lowest BCUT2D eigenvalue weighted by Gasteiger charge is -2.14. The Morgan fingerprint density at radius 2 is 1.80 bits per heavy atom. The molecule has 0 fully saturated rings. The Morgan fingerprint density at radius 3 is 2.50 bits per heavy atom. The van der Waals surface area contributed by atoms with Gasteiger partial charge in [0.25, 0.3) is 0 Å². The normalized spacial score (nSPS) is 10.3. The second-order valence-corrected chi connectivity index (χ2v) is 5.19. The van der Waals surface area contributed by atoms with Crippen molar-refractivity contribution in [1.82, 2.24) is 0 Å². The van der Waals surface area contributed by atoms with Crippen LogP contribution in [-0.2, 0) is 6.42 Å². The summed E-state index contributed by atoms with van der Waals surface area (Å²) in [6, 6.07) is 13.6. The standard InChI is InChI=1S/C16H18BrNO2/c1-2-19-15-5-3-4-6-16(15)20-14-8-7-13(17)11-12(14)9-10-18/h3-8,11H,2,9-10,18H2,1H3. The van der Waals surface area contributed by atoms with Gasteiger partial charge in [-0.25, -0.2) is 0 Å². The summed E-state index contributed by atoms with van der Waals surface area (Å²) >= 11 is 3.47. The lowest BCUT2D eigenvalue weighted by molar-refractivity contribution is 0.321. The number of para-hydroxylation sites is 2. The largest absolute Gasteiger partial charge is 0.490 e. The van der Waals surface area contributed by atoms with Crippen molar-refractivity contribution in [2.75, 3.05) is 13.2 Å². The maximum atomic E-state index is 6.00. The minimum atomic E-state index is 0.583. The van der Waals surface area contributed by atoms with Crippen molar-refractivity contribution < 1.29 is 9.47 Å². The number of nitrogens with two attached hydrogens (primary N) is 1. The maximum Gasteiger partial charge on any atom is 0.169 e. The first-order valence-electron chi connectivity index (χ1n) is 6.62. The van der Waals surface area contributed by atoms with Crippen LogP contribution in [0.15, 0.2) is 46.9 Å². The Bertz CT molecular complexity index is 572. The van der Waals surface area contributed by atoms with Gasteiger partial charge in [-0.2, -0.15) is 0 Å². The van der Waals surface area contributed by atoms with Crippen molar-refractivity contribution in [2.45, 2.75) is 13.3 Å². The van der Waals surface area contributed by atoms with Gasteiger partial charge < -0.3 is 15.2 Å². The van der Waals surface area contributed by atoms with Crippen molar-refractivity contribution in [1.29, 1.82) is 0 Å². The van der Waals surface area contributed by atoms with Crippen molar-refractivity contribution in [3.8, 4) is 17.2 Å². The first-order chi connectivity index (χ1) is 9.74. The molecule has 106 valence electrons. The molecular weight excluding hydrogens is 318 g/mol. The van der Waals surface area contributed by atoms with Crippen molar-refractivity contribution in [3.63, 3.8) is 0 Å². The summed E-state index contributed by atoms with van der Waals surface area (Å²) in [5.74, 6) is 2.28. The van der Waals surface area contributed by atoms with Crippen molar-refractivity contribution >= 4 is 15.9 Å². The number of hydrogen-bond acceptors (Lipinski definition) is 3. The van der Waals surface area contributed by atoms with Gasteiger partial charge >= 0.3 is 0 Å². The van der Waals surface area contributed by atoms with Crippen molar-refractivity contribution in [3.05, 3.63) is 52.5 Å². The zero-order valence-corrected chi connectivity index (χ0v) is 13.0. The number of halogens is 1. The van der Waals surface area contributed by atoms with E-state index in [4.69, 9.17) is 15.2 Å². The van der Waals surface area contributed by atoms with Crippen LogP contribution in [0, 0.1) is 0 Å². The van der Waals surface area contributed by atoms with Crippen LogP contribution in [0.25, 0.3) is 0 Å². The number of ether oxygens (including phenoxy) is 2. The zero-order valence-electron chi connectivity index (χ0n) is 11.4. The summed E-state index contributed by atoms with van der Waals surface area (Å²) in [6.07, 6.45) is 0.769. The molecule has 2 aromatic rings. The molecule has 0 aliphatic heterocycles. The maximum absolute atomic E-state index is 6.00. The molecule has 0 unspecified atom stereocenters. The highest BCUT2D eigenvalue weighted by Gasteiger charge is 2.09. The lowest BCUT2D eigenvalue weighted by Crippen LogP contribution is -2.04. The highest BCUT2D eigenvalue weighted by Crippen LogP contribution is 2.34. The molecule has 2 N–H and O–H groups in total. The van der Waals surface area contributed by atoms with Gasteiger partial charge in [-0.05, 0) is 55.8 Å². The fourth-order valence-corrected chi connectivity index (χ4v) is 2.33. The molecule has 0 aliphatic carbocycles. The van der Waals surface area contributed by atoms with E-state index in [1.54, 1.807) is 0 Å². The van der Waals surface area contributed by atoms with E-state index in [0.29, 0.717) is 13.2 Å². The van der Waals surface area contributed by atoms with Crippen LogP contribution in [0.1, 0.15) is 12.5 Å². The van der Waals surface area contributed by atoms with Gasteiger partial charge in [0.1, 0.15) is 5.75 Å². The Balaban J connectivity index is 2.29. The molecule has 0 saturated carbocycles. The smallest absolute Gasteiger partial charge is 0.169 e. The van der Waals surface area contributed by atoms with E-state index >= 15 is 0 Å². The molecule has 0 saturated heterocycles. The Morgan fingerprint density at radius 1 is 1.05 bits per heavy atom. The third kappa shape index (κ3) is 3.74. The summed E-state index contributed by atoms with van der Waals surface area (Å²) in [5, 5.41) is 0. The molecule has 3 nitrogen and oxygen atoms in total. The van der Waals surface area contributed by atoms with Crippen LogP contribution >= 0.6 is 15.9 Å². The highest BCUT2D eigenvalue weighted by atomic mass is 79.9. The SMILES string of the molecule is CCOc1ccccc1Oc1ccc(Br)cc1CCN. The molecule has 0 spiro atoms. The molecule has 2 aromatic carbocycles. The first-order valence-corrected chi connectivity index (χ1v) is 7.42. The van der Waals surface area contributed by atoms with Gasteiger partial charge in [-0.1, -0.05) is 28.1 Å². The summed E-state index contributed by atoms with van der Waals surface area (Å²) in [4.78, 5) is 0. The van der Waals surface area contributed by atoms with Gasteiger partial charge in [-0.15, -0.1) is 0 Å². The van der Waals surface area contributed by atoms with Crippen LogP contribution in [0.4, 0.5) is 0 Å². The minimum absolute atomic E-state index is 0.583.